The zero-order valence-corrected chi connectivity index (χ0v) is 24.2. The smallest absolute Gasteiger partial charge is 0.264 e. The number of para-hydroxylation sites is 1. The van der Waals surface area contributed by atoms with Crippen molar-refractivity contribution in [2.75, 3.05) is 17.4 Å². The van der Waals surface area contributed by atoms with E-state index in [2.05, 4.69) is 5.32 Å². The van der Waals surface area contributed by atoms with Crippen molar-refractivity contribution in [2.45, 2.75) is 38.3 Å². The third-order valence-electron chi connectivity index (χ3n) is 5.94. The molecule has 0 aliphatic rings. The number of halogens is 3. The molecule has 0 aromatic heterocycles. The fourth-order valence-corrected chi connectivity index (χ4v) is 5.90. The number of aryl methyl sites for hydroxylation is 1. The molecular formula is C27H28Cl3N3O4S. The van der Waals surface area contributed by atoms with Crippen LogP contribution >= 0.6 is 34.8 Å². The van der Waals surface area contributed by atoms with E-state index in [4.69, 9.17) is 34.8 Å². The second-order valence-corrected chi connectivity index (χ2v) is 11.7. The summed E-state index contributed by atoms with van der Waals surface area (Å²) in [4.78, 5) is 27.9. The number of carbonyl (C=O) groups excluding carboxylic acids is 2. The van der Waals surface area contributed by atoms with E-state index in [1.165, 1.54) is 29.2 Å². The van der Waals surface area contributed by atoms with Crippen LogP contribution in [0.5, 0.6) is 0 Å². The van der Waals surface area contributed by atoms with Crippen molar-refractivity contribution in [3.05, 3.63) is 92.9 Å². The second-order valence-electron chi connectivity index (χ2n) is 8.58. The van der Waals surface area contributed by atoms with Crippen molar-refractivity contribution in [3.63, 3.8) is 0 Å². The van der Waals surface area contributed by atoms with Crippen LogP contribution in [0.1, 0.15) is 25.0 Å². The molecule has 7 nitrogen and oxygen atoms in total. The quantitative estimate of drug-likeness (QED) is 0.325. The summed E-state index contributed by atoms with van der Waals surface area (Å²) in [6, 6.07) is 16.5. The standard InChI is InChI=1S/C27H28Cl3N3O4S/c1-4-31-27(35)19(3)32(16-20-9-10-22(29)15-24(20)30)26(34)17-33(25-8-6-5-7-18(25)2)38(36,37)23-13-11-21(28)12-14-23/h5-15,19H,4,16-17H2,1-3H3,(H,31,35)/t19-/m1/s1. The number of hydrogen-bond acceptors (Lipinski definition) is 4. The molecule has 0 saturated heterocycles. The van der Waals surface area contributed by atoms with Gasteiger partial charge in [-0.05, 0) is 74.4 Å². The zero-order chi connectivity index (χ0) is 28.0. The number of rotatable bonds is 10. The number of likely N-dealkylation sites (N-methyl/N-ethyl adjacent to an activating group) is 1. The van der Waals surface area contributed by atoms with Crippen LogP contribution in [0.3, 0.4) is 0 Å². The summed E-state index contributed by atoms with van der Waals surface area (Å²) in [5, 5.41) is 3.84. The SMILES string of the molecule is CCNC(=O)[C@@H](C)N(Cc1ccc(Cl)cc1Cl)C(=O)CN(c1ccccc1C)S(=O)(=O)c1ccc(Cl)cc1. The molecule has 0 bridgehead atoms. The highest BCUT2D eigenvalue weighted by Gasteiger charge is 2.33. The first-order valence-electron chi connectivity index (χ1n) is 11.8. The van der Waals surface area contributed by atoms with Crippen LogP contribution in [-0.4, -0.2) is 44.3 Å². The molecule has 3 aromatic rings. The van der Waals surface area contributed by atoms with Gasteiger partial charge in [0.05, 0.1) is 10.6 Å². The Kier molecular flexibility index (Phi) is 10.1. The number of carbonyl (C=O) groups is 2. The van der Waals surface area contributed by atoms with Crippen molar-refractivity contribution in [2.24, 2.45) is 0 Å². The molecule has 3 rings (SSSR count). The number of amides is 2. The molecule has 11 heteroatoms. The molecule has 3 aromatic carbocycles. The predicted molar refractivity (Wildman–Crippen MR) is 152 cm³/mol. The molecule has 202 valence electrons. The van der Waals surface area contributed by atoms with Crippen molar-refractivity contribution >= 4 is 62.3 Å². The van der Waals surface area contributed by atoms with Gasteiger partial charge in [-0.2, -0.15) is 0 Å². The number of anilines is 1. The molecule has 0 aliphatic carbocycles. The molecule has 0 saturated carbocycles. The molecule has 2 amide bonds. The van der Waals surface area contributed by atoms with Gasteiger partial charge in [0.25, 0.3) is 10.0 Å². The molecule has 1 N–H and O–H groups in total. The van der Waals surface area contributed by atoms with Crippen LogP contribution in [0.25, 0.3) is 0 Å². The first kappa shape index (κ1) is 29.8. The fraction of sp³-hybridized carbons (Fsp3) is 0.259. The molecule has 38 heavy (non-hydrogen) atoms. The highest BCUT2D eigenvalue weighted by molar-refractivity contribution is 7.92. The van der Waals surface area contributed by atoms with Gasteiger partial charge in [-0.15, -0.1) is 0 Å². The second kappa shape index (κ2) is 12.8. The molecule has 1 atom stereocenters. The van der Waals surface area contributed by atoms with E-state index in [0.29, 0.717) is 38.4 Å². The summed E-state index contributed by atoms with van der Waals surface area (Å²) in [6.45, 7) is 4.89. The fourth-order valence-electron chi connectivity index (χ4n) is 3.83. The number of benzene rings is 3. The minimum atomic E-state index is -4.18. The van der Waals surface area contributed by atoms with E-state index in [0.717, 1.165) is 4.31 Å². The first-order valence-corrected chi connectivity index (χ1v) is 14.4. The summed E-state index contributed by atoms with van der Waals surface area (Å²) in [7, 11) is -4.18. The molecule has 0 fully saturated rings. The van der Waals surface area contributed by atoms with Crippen LogP contribution in [0.4, 0.5) is 5.69 Å². The predicted octanol–water partition coefficient (Wildman–Crippen LogP) is 5.70. The molecular weight excluding hydrogens is 569 g/mol. The van der Waals surface area contributed by atoms with E-state index in [1.807, 2.05) is 0 Å². The summed E-state index contributed by atoms with van der Waals surface area (Å²) in [5.41, 5.74) is 1.55. The lowest BCUT2D eigenvalue weighted by Crippen LogP contribution is -2.51. The van der Waals surface area contributed by atoms with Crippen molar-refractivity contribution in [1.29, 1.82) is 0 Å². The third kappa shape index (κ3) is 6.99. The first-order chi connectivity index (χ1) is 17.9. The third-order valence-corrected chi connectivity index (χ3v) is 8.55. The molecule has 0 radical (unpaired) electrons. The van der Waals surface area contributed by atoms with E-state index in [9.17, 15) is 18.0 Å². The average Bonchev–Trinajstić information content (AvgIpc) is 2.87. The van der Waals surface area contributed by atoms with Crippen LogP contribution in [0.2, 0.25) is 15.1 Å². The van der Waals surface area contributed by atoms with E-state index in [-0.39, 0.29) is 17.3 Å². The summed E-state index contributed by atoms with van der Waals surface area (Å²) >= 11 is 18.4. The summed E-state index contributed by atoms with van der Waals surface area (Å²) in [6.07, 6.45) is 0. The molecule has 0 heterocycles. The summed E-state index contributed by atoms with van der Waals surface area (Å²) in [5.74, 6) is -0.968. The Balaban J connectivity index is 2.06. The van der Waals surface area contributed by atoms with E-state index >= 15 is 0 Å². The van der Waals surface area contributed by atoms with Crippen molar-refractivity contribution in [1.82, 2.24) is 10.2 Å². The highest BCUT2D eigenvalue weighted by atomic mass is 35.5. The van der Waals surface area contributed by atoms with Crippen LogP contribution in [0.15, 0.2) is 71.6 Å². The Morgan fingerprint density at radius 3 is 2.18 bits per heavy atom. The molecule has 0 unspecified atom stereocenters. The van der Waals surface area contributed by atoms with Gasteiger partial charge in [0.2, 0.25) is 11.8 Å². The Labute approximate surface area is 238 Å². The lowest BCUT2D eigenvalue weighted by atomic mass is 10.1. The maximum absolute atomic E-state index is 13.9. The van der Waals surface area contributed by atoms with Gasteiger partial charge in [-0.25, -0.2) is 8.42 Å². The van der Waals surface area contributed by atoms with Gasteiger partial charge in [-0.1, -0.05) is 59.1 Å². The normalized spacial score (nSPS) is 12.1. The monoisotopic (exact) mass is 595 g/mol. The topological polar surface area (TPSA) is 86.8 Å². The highest BCUT2D eigenvalue weighted by Crippen LogP contribution is 2.29. The minimum absolute atomic E-state index is 0.0259. The Bertz CT molecular complexity index is 1420. The van der Waals surface area contributed by atoms with Crippen molar-refractivity contribution in [3.8, 4) is 0 Å². The Hall–Kier alpha value is -2.78. The molecule has 0 aliphatic heterocycles. The van der Waals surface area contributed by atoms with Crippen LogP contribution < -0.4 is 9.62 Å². The maximum atomic E-state index is 13.9. The van der Waals surface area contributed by atoms with Gasteiger partial charge >= 0.3 is 0 Å². The zero-order valence-electron chi connectivity index (χ0n) is 21.1. The van der Waals surface area contributed by atoms with E-state index in [1.54, 1.807) is 63.2 Å². The summed E-state index contributed by atoms with van der Waals surface area (Å²) < 4.78 is 28.7. The van der Waals surface area contributed by atoms with Gasteiger partial charge < -0.3 is 10.2 Å². The van der Waals surface area contributed by atoms with Gasteiger partial charge in [0.1, 0.15) is 12.6 Å². The number of sulfonamides is 1. The van der Waals surface area contributed by atoms with Crippen LogP contribution in [0, 0.1) is 6.92 Å². The van der Waals surface area contributed by atoms with Gasteiger partial charge in [-0.3, -0.25) is 13.9 Å². The number of nitrogens with one attached hydrogen (secondary N) is 1. The lowest BCUT2D eigenvalue weighted by Gasteiger charge is -2.32. The van der Waals surface area contributed by atoms with Crippen LogP contribution in [-0.2, 0) is 26.2 Å². The average molecular weight is 597 g/mol. The Morgan fingerprint density at radius 2 is 1.58 bits per heavy atom. The Morgan fingerprint density at radius 1 is 0.947 bits per heavy atom. The van der Waals surface area contributed by atoms with Gasteiger partial charge in [0, 0.05) is 28.2 Å². The largest absolute Gasteiger partial charge is 0.355 e. The maximum Gasteiger partial charge on any atom is 0.264 e. The lowest BCUT2D eigenvalue weighted by molar-refractivity contribution is -0.139. The molecule has 0 spiro atoms. The number of nitrogens with zero attached hydrogens (tertiary/aromatic N) is 2. The van der Waals surface area contributed by atoms with Crippen molar-refractivity contribution < 1.29 is 18.0 Å². The van der Waals surface area contributed by atoms with E-state index < -0.39 is 28.5 Å². The minimum Gasteiger partial charge on any atom is -0.355 e. The number of hydrogen-bond donors (Lipinski definition) is 1. The van der Waals surface area contributed by atoms with Gasteiger partial charge in [0.15, 0.2) is 0 Å².